The molecule has 2 fully saturated rings. The Morgan fingerprint density at radius 3 is 2.48 bits per heavy atom. The van der Waals surface area contributed by atoms with Gasteiger partial charge in [-0.15, -0.1) is 0 Å². The summed E-state index contributed by atoms with van der Waals surface area (Å²) in [6.45, 7) is 2.46. The van der Waals surface area contributed by atoms with Crippen molar-refractivity contribution in [1.29, 1.82) is 0 Å². The van der Waals surface area contributed by atoms with Crippen LogP contribution in [0.5, 0.6) is 0 Å². The molecule has 1 aromatic carbocycles. The number of anilines is 1. The number of carbonyl (C=O) groups is 2. The number of benzene rings is 1. The number of nitrogens with one attached hydrogen (secondary N) is 1. The Kier molecular flexibility index (Phi) is 4.40. The first kappa shape index (κ1) is 16.1. The van der Waals surface area contributed by atoms with Gasteiger partial charge in [0.25, 0.3) is 0 Å². The molecule has 0 aromatic heterocycles. The van der Waals surface area contributed by atoms with Crippen molar-refractivity contribution in [3.63, 3.8) is 0 Å². The van der Waals surface area contributed by atoms with Gasteiger partial charge < -0.3 is 9.80 Å². The minimum atomic E-state index is -0.368. The van der Waals surface area contributed by atoms with Crippen molar-refractivity contribution < 1.29 is 9.59 Å². The number of hydrazone groups is 1. The Hall–Kier alpha value is -2.41. The first-order chi connectivity index (χ1) is 12.2. The van der Waals surface area contributed by atoms with Crippen molar-refractivity contribution in [2.24, 2.45) is 5.10 Å². The summed E-state index contributed by atoms with van der Waals surface area (Å²) in [5.74, 6) is -0.696. The number of amides is 2. The van der Waals surface area contributed by atoms with Crippen LogP contribution in [-0.4, -0.2) is 53.5 Å². The van der Waals surface area contributed by atoms with Gasteiger partial charge in [-0.25, -0.2) is 5.43 Å². The van der Waals surface area contributed by atoms with Crippen LogP contribution >= 0.6 is 0 Å². The molecule has 1 saturated carbocycles. The molecule has 0 radical (unpaired) electrons. The van der Waals surface area contributed by atoms with E-state index in [2.05, 4.69) is 10.5 Å². The van der Waals surface area contributed by atoms with Crippen LogP contribution in [-0.2, 0) is 16.1 Å². The van der Waals surface area contributed by atoms with Gasteiger partial charge in [0, 0.05) is 31.9 Å². The fourth-order valence-electron chi connectivity index (χ4n) is 3.82. The van der Waals surface area contributed by atoms with E-state index in [-0.39, 0.29) is 17.9 Å². The number of hydrogen-bond donors (Lipinski definition) is 1. The molecule has 1 aliphatic carbocycles. The molecular formula is C18H23N5O2. The highest BCUT2D eigenvalue weighted by atomic mass is 16.2. The van der Waals surface area contributed by atoms with E-state index in [9.17, 15) is 9.59 Å². The van der Waals surface area contributed by atoms with Gasteiger partial charge in [-0.1, -0.05) is 25.0 Å². The second-order valence-electron chi connectivity index (χ2n) is 6.80. The lowest BCUT2D eigenvalue weighted by molar-refractivity contribution is -0.158. The van der Waals surface area contributed by atoms with Crippen LogP contribution < -0.4 is 10.5 Å². The monoisotopic (exact) mass is 341 g/mol. The standard InChI is InChI=1S/C18H23N5O2/c24-17-18(25)22(15-3-1-2-4-15)12-11-21(17)13-14-5-7-16(8-6-14)23-19-9-10-20-23/h5-9,15,20H,1-4,10-13H2. The quantitative estimate of drug-likeness (QED) is 0.833. The van der Waals surface area contributed by atoms with Crippen molar-refractivity contribution in [3.8, 4) is 0 Å². The van der Waals surface area contributed by atoms with E-state index in [0.717, 1.165) is 43.5 Å². The Balaban J connectivity index is 1.38. The molecule has 0 atom stereocenters. The number of hydrogen-bond acceptors (Lipinski definition) is 5. The molecule has 132 valence electrons. The molecule has 2 amide bonds. The average molecular weight is 341 g/mol. The third-order valence-electron chi connectivity index (χ3n) is 5.19. The molecule has 2 aliphatic heterocycles. The third-order valence-corrected chi connectivity index (χ3v) is 5.19. The first-order valence-corrected chi connectivity index (χ1v) is 8.97. The maximum absolute atomic E-state index is 12.5. The minimum absolute atomic E-state index is 0.270. The smallest absolute Gasteiger partial charge is 0.312 e. The number of piperazine rings is 1. The van der Waals surface area contributed by atoms with E-state index in [1.54, 1.807) is 14.9 Å². The Morgan fingerprint density at radius 1 is 1.04 bits per heavy atom. The highest BCUT2D eigenvalue weighted by molar-refractivity contribution is 6.35. The molecule has 2 heterocycles. The zero-order valence-electron chi connectivity index (χ0n) is 14.2. The maximum atomic E-state index is 12.5. The molecule has 25 heavy (non-hydrogen) atoms. The molecule has 3 aliphatic rings. The number of rotatable bonds is 4. The Labute approximate surface area is 147 Å². The van der Waals surface area contributed by atoms with Gasteiger partial charge in [-0.3, -0.25) is 9.59 Å². The molecule has 7 heteroatoms. The summed E-state index contributed by atoms with van der Waals surface area (Å²) in [6.07, 6.45) is 6.20. The minimum Gasteiger partial charge on any atom is -0.330 e. The lowest BCUT2D eigenvalue weighted by atomic mass is 10.1. The number of nitrogens with zero attached hydrogens (tertiary/aromatic N) is 4. The van der Waals surface area contributed by atoms with Gasteiger partial charge in [-0.2, -0.15) is 10.2 Å². The lowest BCUT2D eigenvalue weighted by Gasteiger charge is -2.37. The molecule has 4 rings (SSSR count). The highest BCUT2D eigenvalue weighted by Gasteiger charge is 2.37. The van der Waals surface area contributed by atoms with Crippen LogP contribution in [0.25, 0.3) is 0 Å². The molecule has 0 bridgehead atoms. The van der Waals surface area contributed by atoms with Crippen molar-refractivity contribution in [1.82, 2.24) is 15.2 Å². The molecule has 1 aromatic rings. The summed E-state index contributed by atoms with van der Waals surface area (Å²) in [7, 11) is 0. The molecule has 7 nitrogen and oxygen atoms in total. The summed E-state index contributed by atoms with van der Waals surface area (Å²) < 4.78 is 0. The summed E-state index contributed by atoms with van der Waals surface area (Å²) in [4.78, 5) is 28.4. The van der Waals surface area contributed by atoms with Crippen LogP contribution in [0.4, 0.5) is 5.69 Å². The second kappa shape index (κ2) is 6.84. The van der Waals surface area contributed by atoms with Gasteiger partial charge in [-0.05, 0) is 30.5 Å². The predicted molar refractivity (Wildman–Crippen MR) is 94.8 cm³/mol. The van der Waals surface area contributed by atoms with Gasteiger partial charge in [0.1, 0.15) is 0 Å². The van der Waals surface area contributed by atoms with E-state index in [1.807, 2.05) is 30.5 Å². The van der Waals surface area contributed by atoms with E-state index in [1.165, 1.54) is 0 Å². The zero-order chi connectivity index (χ0) is 17.2. The predicted octanol–water partition coefficient (Wildman–Crippen LogP) is 1.11. The molecule has 0 spiro atoms. The summed E-state index contributed by atoms with van der Waals surface area (Å²) in [5.41, 5.74) is 5.08. The second-order valence-corrected chi connectivity index (χ2v) is 6.80. The van der Waals surface area contributed by atoms with Gasteiger partial charge >= 0.3 is 11.8 Å². The third kappa shape index (κ3) is 3.24. The van der Waals surface area contributed by atoms with Crippen LogP contribution in [0.3, 0.4) is 0 Å². The topological polar surface area (TPSA) is 68.2 Å². The Morgan fingerprint density at radius 2 is 1.80 bits per heavy atom. The van der Waals surface area contributed by atoms with Crippen LogP contribution in [0.15, 0.2) is 29.4 Å². The number of hydrazine groups is 1. The van der Waals surface area contributed by atoms with Gasteiger partial charge in [0.15, 0.2) is 0 Å². The van der Waals surface area contributed by atoms with E-state index < -0.39 is 0 Å². The summed E-state index contributed by atoms with van der Waals surface area (Å²) in [6, 6.07) is 8.15. The fourth-order valence-corrected chi connectivity index (χ4v) is 3.82. The van der Waals surface area contributed by atoms with Crippen LogP contribution in [0.2, 0.25) is 0 Å². The van der Waals surface area contributed by atoms with E-state index in [0.29, 0.717) is 19.6 Å². The molecular weight excluding hydrogens is 318 g/mol. The largest absolute Gasteiger partial charge is 0.330 e. The van der Waals surface area contributed by atoms with Gasteiger partial charge in [0.2, 0.25) is 0 Å². The maximum Gasteiger partial charge on any atom is 0.312 e. The first-order valence-electron chi connectivity index (χ1n) is 8.97. The molecule has 0 unspecified atom stereocenters. The zero-order valence-corrected chi connectivity index (χ0v) is 14.2. The molecule has 1 N–H and O–H groups in total. The van der Waals surface area contributed by atoms with Crippen molar-refractivity contribution in [3.05, 3.63) is 29.8 Å². The highest BCUT2D eigenvalue weighted by Crippen LogP contribution is 2.25. The van der Waals surface area contributed by atoms with Crippen molar-refractivity contribution >= 4 is 23.7 Å². The van der Waals surface area contributed by atoms with Crippen LogP contribution in [0.1, 0.15) is 31.2 Å². The lowest BCUT2D eigenvalue weighted by Crippen LogP contribution is -2.56. The summed E-state index contributed by atoms with van der Waals surface area (Å²) in [5, 5.41) is 5.92. The normalized spacial score (nSPS) is 21.7. The summed E-state index contributed by atoms with van der Waals surface area (Å²) >= 11 is 0. The van der Waals surface area contributed by atoms with Crippen LogP contribution in [0, 0.1) is 0 Å². The van der Waals surface area contributed by atoms with Gasteiger partial charge in [0.05, 0.1) is 12.2 Å². The van der Waals surface area contributed by atoms with Crippen molar-refractivity contribution in [2.45, 2.75) is 38.3 Å². The fraction of sp³-hybridized carbons (Fsp3) is 0.500. The Bertz CT molecular complexity index is 681. The number of carbonyl (C=O) groups excluding carboxylic acids is 2. The average Bonchev–Trinajstić information content (AvgIpc) is 3.33. The molecule has 1 saturated heterocycles. The SMILES string of the molecule is O=C1C(=O)N(C2CCCC2)CCN1Cc1ccc(N2N=CCN2)cc1. The van der Waals surface area contributed by atoms with Crippen molar-refractivity contribution in [2.75, 3.05) is 24.8 Å². The van der Waals surface area contributed by atoms with E-state index >= 15 is 0 Å². The van der Waals surface area contributed by atoms with E-state index in [4.69, 9.17) is 0 Å².